The molecule has 0 fully saturated rings. The molecule has 272 valence electrons. The van der Waals surface area contributed by atoms with Gasteiger partial charge in [-0.15, -0.1) is 41.3 Å². The van der Waals surface area contributed by atoms with Crippen molar-refractivity contribution in [2.75, 3.05) is 0 Å². The van der Waals surface area contributed by atoms with E-state index in [9.17, 15) is 0 Å². The Balaban J connectivity index is 0.00000464. The van der Waals surface area contributed by atoms with Crippen LogP contribution >= 0.6 is 0 Å². The van der Waals surface area contributed by atoms with Crippen molar-refractivity contribution < 1.29 is 25.8 Å². The van der Waals surface area contributed by atoms with Gasteiger partial charge in [-0.1, -0.05) is 97.7 Å². The van der Waals surface area contributed by atoms with Crippen molar-refractivity contribution in [2.24, 2.45) is 5.92 Å². The van der Waals surface area contributed by atoms with Crippen LogP contribution in [0.1, 0.15) is 122 Å². The molecule has 0 aliphatic heterocycles. The van der Waals surface area contributed by atoms with Gasteiger partial charge in [-0.25, -0.2) is 4.98 Å². The van der Waals surface area contributed by atoms with Gasteiger partial charge < -0.3 is 9.30 Å². The fraction of sp³-hybridized carbons (Fsp3) is 0.391. The zero-order valence-electron chi connectivity index (χ0n) is 32.6. The van der Waals surface area contributed by atoms with E-state index in [1.54, 1.807) is 0 Å². The molecule has 5 nitrogen and oxygen atoms in total. The monoisotopic (exact) mass is 871 g/mol. The molecule has 3 heterocycles. The van der Waals surface area contributed by atoms with Crippen molar-refractivity contribution in [1.82, 2.24) is 19.3 Å². The standard InChI is InChI=1S/C46H52N4O.Pt/c1-28(2)32-24-33(50-44(46(9,10)11)42(43(48-50)45(6,7)8)41-30(4)15-14-16-31(41)5)26-35(25-32)51-34-19-20-37-36-17-12-13-18-38(36)49(39(37)27-34)40-23-29(3)21-22-47-40;/h12-13,15,17-25,28,31,41H,14,16H2,1-11H3;/q-2;+2/t31-,41?;/m0./s1. The fourth-order valence-electron chi connectivity index (χ4n) is 7.99. The molecule has 2 atom stereocenters. The maximum absolute atomic E-state index is 6.74. The second-order valence-corrected chi connectivity index (χ2v) is 17.1. The number of rotatable bonds is 6. The molecule has 1 unspecified atom stereocenters. The van der Waals surface area contributed by atoms with Crippen LogP contribution in [0.3, 0.4) is 0 Å². The van der Waals surface area contributed by atoms with Crippen LogP contribution in [0.2, 0.25) is 0 Å². The van der Waals surface area contributed by atoms with Gasteiger partial charge in [0.25, 0.3) is 0 Å². The van der Waals surface area contributed by atoms with Crippen LogP contribution in [0.4, 0.5) is 0 Å². The molecule has 0 saturated heterocycles. The summed E-state index contributed by atoms with van der Waals surface area (Å²) in [5, 5.41) is 7.78. The van der Waals surface area contributed by atoms with Gasteiger partial charge in [0.15, 0.2) is 0 Å². The Bertz CT molecular complexity index is 2290. The molecular formula is C46H52N4OPt. The van der Waals surface area contributed by atoms with Crippen LogP contribution < -0.4 is 4.74 Å². The molecule has 0 radical (unpaired) electrons. The number of allylic oxidation sites excluding steroid dienone is 2. The summed E-state index contributed by atoms with van der Waals surface area (Å²) in [7, 11) is 0. The summed E-state index contributed by atoms with van der Waals surface area (Å²) in [6.07, 6.45) is 6.64. The van der Waals surface area contributed by atoms with E-state index in [0.29, 0.717) is 23.3 Å². The molecule has 1 aliphatic carbocycles. The van der Waals surface area contributed by atoms with E-state index in [2.05, 4.69) is 152 Å². The van der Waals surface area contributed by atoms with Crippen molar-refractivity contribution in [3.8, 4) is 23.0 Å². The third-order valence-electron chi connectivity index (χ3n) is 10.5. The zero-order chi connectivity index (χ0) is 36.4. The van der Waals surface area contributed by atoms with Crippen molar-refractivity contribution in [3.63, 3.8) is 0 Å². The largest absolute Gasteiger partial charge is 2.00 e. The number of hydrogen-bond acceptors (Lipinski definition) is 3. The van der Waals surface area contributed by atoms with Crippen LogP contribution in [0.15, 0.2) is 78.5 Å². The number of pyridine rings is 1. The minimum absolute atomic E-state index is 0. The van der Waals surface area contributed by atoms with Crippen molar-refractivity contribution in [2.45, 2.75) is 112 Å². The van der Waals surface area contributed by atoms with Gasteiger partial charge >= 0.3 is 21.1 Å². The van der Waals surface area contributed by atoms with E-state index in [0.717, 1.165) is 45.3 Å². The smallest absolute Gasteiger partial charge is 0.509 e. The average Bonchev–Trinajstić information content (AvgIpc) is 3.62. The van der Waals surface area contributed by atoms with Crippen LogP contribution in [-0.4, -0.2) is 19.3 Å². The molecule has 0 saturated carbocycles. The SMILES string of the molecule is CC1=CCC[C@H](C)C1c1c(C(C)(C)C)nn(-c2[c-]c(Oc3[c-]c4c(cc3)c3ccccc3n4-c3cc(C)ccn3)cc(C(C)C)c2)c1C(C)(C)C.[Pt+2]. The van der Waals surface area contributed by atoms with Crippen LogP contribution in [-0.2, 0) is 31.9 Å². The van der Waals surface area contributed by atoms with Gasteiger partial charge in [-0.2, -0.15) is 11.2 Å². The van der Waals surface area contributed by atoms with Crippen LogP contribution in [0.5, 0.6) is 11.5 Å². The predicted octanol–water partition coefficient (Wildman–Crippen LogP) is 12.2. The Morgan fingerprint density at radius 1 is 0.865 bits per heavy atom. The fourth-order valence-corrected chi connectivity index (χ4v) is 7.99. The second kappa shape index (κ2) is 14.1. The van der Waals surface area contributed by atoms with E-state index in [1.165, 1.54) is 34.5 Å². The number of para-hydroxylation sites is 1. The number of ether oxygens (including phenoxy) is 1. The summed E-state index contributed by atoms with van der Waals surface area (Å²) < 4.78 is 11.1. The minimum Gasteiger partial charge on any atom is -0.509 e. The van der Waals surface area contributed by atoms with Gasteiger partial charge in [0, 0.05) is 45.5 Å². The number of hydrogen-bond donors (Lipinski definition) is 0. The Morgan fingerprint density at radius 3 is 2.29 bits per heavy atom. The van der Waals surface area contributed by atoms with Gasteiger partial charge in [0.05, 0.1) is 11.4 Å². The van der Waals surface area contributed by atoms with E-state index >= 15 is 0 Å². The first-order valence-corrected chi connectivity index (χ1v) is 18.6. The summed E-state index contributed by atoms with van der Waals surface area (Å²) in [5.74, 6) is 3.29. The number of aromatic nitrogens is 4. The second-order valence-electron chi connectivity index (χ2n) is 17.1. The first-order chi connectivity index (χ1) is 24.1. The van der Waals surface area contributed by atoms with Gasteiger partial charge in [-0.05, 0) is 73.4 Å². The molecule has 0 amide bonds. The molecule has 0 N–H and O–H groups in total. The minimum atomic E-state index is -0.165. The summed E-state index contributed by atoms with van der Waals surface area (Å²) >= 11 is 0. The van der Waals surface area contributed by atoms with E-state index in [4.69, 9.17) is 14.8 Å². The zero-order valence-corrected chi connectivity index (χ0v) is 34.9. The Hall–Kier alpha value is -3.95. The maximum Gasteiger partial charge on any atom is 2.00 e. The van der Waals surface area contributed by atoms with Gasteiger partial charge in [0.1, 0.15) is 5.82 Å². The molecule has 6 heteroatoms. The van der Waals surface area contributed by atoms with Crippen LogP contribution in [0.25, 0.3) is 33.3 Å². The van der Waals surface area contributed by atoms with Crippen LogP contribution in [0, 0.1) is 25.0 Å². The van der Waals surface area contributed by atoms with Crippen molar-refractivity contribution in [1.29, 1.82) is 0 Å². The molecular weight excluding hydrogens is 820 g/mol. The number of fused-ring (bicyclic) bond motifs is 3. The molecule has 1 aliphatic rings. The third kappa shape index (κ3) is 6.94. The Kier molecular flexibility index (Phi) is 10.3. The van der Waals surface area contributed by atoms with Crippen molar-refractivity contribution >= 4 is 21.8 Å². The predicted molar refractivity (Wildman–Crippen MR) is 211 cm³/mol. The maximum atomic E-state index is 6.74. The Morgan fingerprint density at radius 2 is 1.62 bits per heavy atom. The third-order valence-corrected chi connectivity index (χ3v) is 10.5. The molecule has 3 aromatic carbocycles. The van der Waals surface area contributed by atoms with E-state index in [-0.39, 0.29) is 37.8 Å². The first kappa shape index (κ1) is 37.8. The topological polar surface area (TPSA) is 44.9 Å². The molecule has 0 spiro atoms. The number of benzene rings is 3. The quantitative estimate of drug-likeness (QED) is 0.124. The first-order valence-electron chi connectivity index (χ1n) is 18.6. The summed E-state index contributed by atoms with van der Waals surface area (Å²) in [6.45, 7) is 25.1. The summed E-state index contributed by atoms with van der Waals surface area (Å²) in [5.41, 5.74) is 10.2. The average molecular weight is 872 g/mol. The van der Waals surface area contributed by atoms with Gasteiger partial charge in [-0.3, -0.25) is 4.68 Å². The molecule has 0 bridgehead atoms. The number of aryl methyl sites for hydroxylation is 1. The van der Waals surface area contributed by atoms with E-state index in [1.807, 2.05) is 18.3 Å². The summed E-state index contributed by atoms with van der Waals surface area (Å²) in [6, 6.07) is 28.4. The van der Waals surface area contributed by atoms with E-state index < -0.39 is 0 Å². The molecule has 7 rings (SSSR count). The molecule has 52 heavy (non-hydrogen) atoms. The normalized spacial score (nSPS) is 16.7. The summed E-state index contributed by atoms with van der Waals surface area (Å²) in [4.78, 5) is 4.75. The molecule has 6 aromatic rings. The molecule has 3 aromatic heterocycles. The van der Waals surface area contributed by atoms with Gasteiger partial charge in [0.2, 0.25) is 0 Å². The Labute approximate surface area is 324 Å². The number of nitrogens with zero attached hydrogens (tertiary/aromatic N) is 4. The van der Waals surface area contributed by atoms with Crippen molar-refractivity contribution in [3.05, 3.63) is 119 Å².